The van der Waals surface area contributed by atoms with E-state index in [-0.39, 0.29) is 5.91 Å². The Hall–Kier alpha value is -3.62. The second-order valence-electron chi connectivity index (χ2n) is 7.34. The number of nitriles is 1. The number of hydrogen-bond donors (Lipinski definition) is 2. The van der Waals surface area contributed by atoms with E-state index in [0.717, 1.165) is 17.7 Å². The highest BCUT2D eigenvalue weighted by molar-refractivity contribution is 5.94. The highest BCUT2D eigenvalue weighted by Crippen LogP contribution is 2.32. The van der Waals surface area contributed by atoms with Crippen molar-refractivity contribution < 1.29 is 27.9 Å². The smallest absolute Gasteiger partial charge is 0.475 e. The maximum Gasteiger partial charge on any atom is 0.490 e. The average molecular weight is 452 g/mol. The molecule has 0 bridgehead atoms. The van der Waals surface area contributed by atoms with Crippen molar-refractivity contribution in [3.05, 3.63) is 30.4 Å². The van der Waals surface area contributed by atoms with Gasteiger partial charge in [0.2, 0.25) is 5.95 Å². The fraction of sp³-hybridized carbons (Fsp3) is 0.450. The Morgan fingerprint density at radius 1 is 1.28 bits per heavy atom. The van der Waals surface area contributed by atoms with Gasteiger partial charge in [-0.3, -0.25) is 4.79 Å². The molecular weight excluding hydrogens is 429 g/mol. The van der Waals surface area contributed by atoms with Gasteiger partial charge in [-0.05, 0) is 24.8 Å². The van der Waals surface area contributed by atoms with Crippen molar-refractivity contribution >= 4 is 17.8 Å². The minimum absolute atomic E-state index is 0.145. The first kappa shape index (κ1) is 24.6. The molecule has 2 N–H and O–H groups in total. The normalized spacial score (nSPS) is 12.9. The van der Waals surface area contributed by atoms with Crippen LogP contribution in [0.2, 0.25) is 0 Å². The molecule has 1 saturated carbocycles. The van der Waals surface area contributed by atoms with Crippen LogP contribution in [-0.4, -0.2) is 58.3 Å². The summed E-state index contributed by atoms with van der Waals surface area (Å²) in [6, 6.07) is 3.91. The molecule has 0 aromatic carbocycles. The number of anilines is 1. The lowest BCUT2D eigenvalue weighted by Crippen LogP contribution is -2.26. The van der Waals surface area contributed by atoms with Crippen molar-refractivity contribution in [2.24, 2.45) is 5.92 Å². The average Bonchev–Trinajstić information content (AvgIpc) is 3.44. The number of carbonyl (C=O) groups is 2. The molecule has 1 fully saturated rings. The summed E-state index contributed by atoms with van der Waals surface area (Å²) in [5.41, 5.74) is 2.43. The summed E-state index contributed by atoms with van der Waals surface area (Å²) in [7, 11) is 3.79. The van der Waals surface area contributed by atoms with E-state index >= 15 is 0 Å². The zero-order valence-corrected chi connectivity index (χ0v) is 17.6. The van der Waals surface area contributed by atoms with E-state index in [9.17, 15) is 18.0 Å². The van der Waals surface area contributed by atoms with Crippen LogP contribution in [0.4, 0.5) is 19.1 Å². The number of nitrogens with one attached hydrogen (secondary N) is 1. The summed E-state index contributed by atoms with van der Waals surface area (Å²) in [5.74, 6) is -1.60. The number of carboxylic acid groups (broad SMARTS) is 1. The number of nitrogens with zero attached hydrogens (tertiary/aromatic N) is 5. The van der Waals surface area contributed by atoms with Crippen LogP contribution in [0.15, 0.2) is 24.7 Å². The van der Waals surface area contributed by atoms with Crippen molar-refractivity contribution in [3.63, 3.8) is 0 Å². The van der Waals surface area contributed by atoms with Crippen LogP contribution >= 0.6 is 0 Å². The van der Waals surface area contributed by atoms with E-state index < -0.39 is 12.1 Å². The fourth-order valence-electron chi connectivity index (χ4n) is 2.61. The first-order valence-electron chi connectivity index (χ1n) is 9.68. The number of alkyl halides is 3. The summed E-state index contributed by atoms with van der Waals surface area (Å²) in [6.45, 7) is 1.21. The van der Waals surface area contributed by atoms with Gasteiger partial charge in [0.1, 0.15) is 5.69 Å². The van der Waals surface area contributed by atoms with Gasteiger partial charge in [-0.25, -0.2) is 14.8 Å². The van der Waals surface area contributed by atoms with Gasteiger partial charge >= 0.3 is 12.1 Å². The van der Waals surface area contributed by atoms with Crippen LogP contribution < -0.4 is 10.2 Å². The molecule has 9 nitrogen and oxygen atoms in total. The molecule has 0 unspecified atom stereocenters. The number of carbonyl (C=O) groups excluding carboxylic acids is 1. The third-order valence-electron chi connectivity index (χ3n) is 4.42. The van der Waals surface area contributed by atoms with Crippen molar-refractivity contribution in [2.75, 3.05) is 25.5 Å². The number of aliphatic carboxylic acids is 1. The van der Waals surface area contributed by atoms with Gasteiger partial charge in [0, 0.05) is 56.9 Å². The fourth-order valence-corrected chi connectivity index (χ4v) is 2.61. The van der Waals surface area contributed by atoms with Crippen molar-refractivity contribution in [1.82, 2.24) is 19.9 Å². The summed E-state index contributed by atoms with van der Waals surface area (Å²) in [4.78, 5) is 31.9. The van der Waals surface area contributed by atoms with Crippen LogP contribution in [0, 0.1) is 17.2 Å². The van der Waals surface area contributed by atoms with Crippen molar-refractivity contribution in [3.8, 4) is 17.2 Å². The van der Waals surface area contributed by atoms with Gasteiger partial charge in [-0.2, -0.15) is 18.4 Å². The SMILES string of the molecule is CN(C)c1ncc(-c2cc(C(=O)NCCC#N)n(CC3CC3)c2)cn1.O=C(O)C(F)(F)F. The Bertz CT molecular complexity index is 976. The number of rotatable bonds is 7. The molecule has 1 aliphatic rings. The van der Waals surface area contributed by atoms with Crippen LogP contribution in [0.25, 0.3) is 11.1 Å². The lowest BCUT2D eigenvalue weighted by atomic mass is 10.2. The maximum atomic E-state index is 12.5. The van der Waals surface area contributed by atoms with Gasteiger partial charge in [0.15, 0.2) is 0 Å². The minimum atomic E-state index is -5.08. The molecule has 3 rings (SSSR count). The van der Waals surface area contributed by atoms with Crippen LogP contribution in [0.5, 0.6) is 0 Å². The molecule has 32 heavy (non-hydrogen) atoms. The van der Waals surface area contributed by atoms with Gasteiger partial charge < -0.3 is 19.9 Å². The molecule has 2 aromatic rings. The van der Waals surface area contributed by atoms with E-state index in [1.807, 2.05) is 41.9 Å². The van der Waals surface area contributed by atoms with Crippen LogP contribution in [0.3, 0.4) is 0 Å². The lowest BCUT2D eigenvalue weighted by molar-refractivity contribution is -0.192. The zero-order chi connectivity index (χ0) is 23.9. The molecule has 0 radical (unpaired) electrons. The molecular formula is C20H23F3N6O3. The van der Waals surface area contributed by atoms with E-state index in [2.05, 4.69) is 15.3 Å². The van der Waals surface area contributed by atoms with Crippen LogP contribution in [0.1, 0.15) is 29.8 Å². The second-order valence-corrected chi connectivity index (χ2v) is 7.34. The molecule has 0 atom stereocenters. The van der Waals surface area contributed by atoms with Gasteiger partial charge in [-0.15, -0.1) is 0 Å². The largest absolute Gasteiger partial charge is 0.490 e. The topological polar surface area (TPSA) is 124 Å². The molecule has 0 saturated heterocycles. The van der Waals surface area contributed by atoms with E-state index in [1.54, 1.807) is 12.4 Å². The van der Waals surface area contributed by atoms with Crippen LogP contribution in [-0.2, 0) is 11.3 Å². The standard InChI is InChI=1S/C18H22N6O.C2HF3O2/c1-23(2)18-21-9-15(10-22-18)14-8-16(17(25)20-7-3-6-19)24(12-14)11-13-4-5-13;3-2(4,5)1(6)7/h8-10,12-13H,3-5,7,11H2,1-2H3,(H,20,25);(H,6,7). The Kier molecular flexibility index (Phi) is 8.17. The van der Waals surface area contributed by atoms with E-state index in [1.165, 1.54) is 12.8 Å². The Morgan fingerprint density at radius 3 is 2.34 bits per heavy atom. The number of carboxylic acids is 1. The molecule has 12 heteroatoms. The van der Waals surface area contributed by atoms with E-state index in [4.69, 9.17) is 15.2 Å². The Labute approximate surface area is 182 Å². The maximum absolute atomic E-state index is 12.5. The van der Waals surface area contributed by atoms with Gasteiger partial charge in [0.05, 0.1) is 12.5 Å². The molecule has 2 aromatic heterocycles. The predicted octanol–water partition coefficient (Wildman–Crippen LogP) is 2.70. The Morgan fingerprint density at radius 2 is 1.88 bits per heavy atom. The molecule has 1 aliphatic carbocycles. The third-order valence-corrected chi connectivity index (χ3v) is 4.42. The predicted molar refractivity (Wildman–Crippen MR) is 109 cm³/mol. The monoisotopic (exact) mass is 452 g/mol. The number of amides is 1. The number of aromatic nitrogens is 3. The highest BCUT2D eigenvalue weighted by Gasteiger charge is 2.38. The van der Waals surface area contributed by atoms with Gasteiger partial charge in [0.25, 0.3) is 5.91 Å². The molecule has 1 amide bonds. The molecule has 2 heterocycles. The van der Waals surface area contributed by atoms with Gasteiger partial charge in [-0.1, -0.05) is 0 Å². The Balaban J connectivity index is 0.000000451. The first-order valence-corrected chi connectivity index (χ1v) is 9.68. The zero-order valence-electron chi connectivity index (χ0n) is 17.6. The van der Waals surface area contributed by atoms with Crippen molar-refractivity contribution in [1.29, 1.82) is 5.26 Å². The molecule has 172 valence electrons. The number of hydrogen-bond acceptors (Lipinski definition) is 6. The summed E-state index contributed by atoms with van der Waals surface area (Å²) in [6.07, 6.45) is 3.19. The second kappa shape index (κ2) is 10.6. The summed E-state index contributed by atoms with van der Waals surface area (Å²) < 4.78 is 33.7. The molecule has 0 aliphatic heterocycles. The summed E-state index contributed by atoms with van der Waals surface area (Å²) in [5, 5.41) is 18.5. The first-order chi connectivity index (χ1) is 15.0. The quantitative estimate of drug-likeness (QED) is 0.619. The summed E-state index contributed by atoms with van der Waals surface area (Å²) >= 11 is 0. The highest BCUT2D eigenvalue weighted by atomic mass is 19.4. The minimum Gasteiger partial charge on any atom is -0.475 e. The third kappa shape index (κ3) is 7.26. The lowest BCUT2D eigenvalue weighted by Gasteiger charge is -2.09. The van der Waals surface area contributed by atoms with E-state index in [0.29, 0.717) is 30.5 Å². The number of halogens is 3. The molecule has 0 spiro atoms. The van der Waals surface area contributed by atoms with Crippen molar-refractivity contribution in [2.45, 2.75) is 32.0 Å².